The summed E-state index contributed by atoms with van der Waals surface area (Å²) in [5, 5.41) is 11.0. The number of esters is 1. The molecule has 0 fully saturated rings. The molecule has 0 aromatic heterocycles. The molecule has 2 rings (SSSR count). The first kappa shape index (κ1) is 16.8. The van der Waals surface area contributed by atoms with Crippen LogP contribution in [0.15, 0.2) is 47.4 Å². The normalized spacial score (nSPS) is 10.2. The van der Waals surface area contributed by atoms with Crippen molar-refractivity contribution in [1.82, 2.24) is 0 Å². The fourth-order valence-corrected chi connectivity index (χ4v) is 2.32. The Morgan fingerprint density at radius 3 is 2.48 bits per heavy atom. The summed E-state index contributed by atoms with van der Waals surface area (Å²) in [6.45, 7) is 0.104. The second kappa shape index (κ2) is 7.64. The maximum absolute atomic E-state index is 12.0. The van der Waals surface area contributed by atoms with E-state index in [1.165, 1.54) is 19.2 Å². The fraction of sp³-hybridized carbons (Fsp3) is 0.188. The Kier molecular flexibility index (Phi) is 5.59. The van der Waals surface area contributed by atoms with Gasteiger partial charge in [0.15, 0.2) is 5.75 Å². The van der Waals surface area contributed by atoms with Crippen molar-refractivity contribution in [3.8, 4) is 5.75 Å². The van der Waals surface area contributed by atoms with E-state index in [2.05, 4.69) is 0 Å². The lowest BCUT2D eigenvalue weighted by Gasteiger charge is -2.07. The van der Waals surface area contributed by atoms with Gasteiger partial charge in [-0.3, -0.25) is 10.1 Å². The molecule has 2 aromatic rings. The highest BCUT2D eigenvalue weighted by atomic mass is 32.2. The zero-order chi connectivity index (χ0) is 16.8. The van der Waals surface area contributed by atoms with Crippen LogP contribution in [0, 0.1) is 10.1 Å². The van der Waals surface area contributed by atoms with Gasteiger partial charge in [0.05, 0.1) is 17.6 Å². The van der Waals surface area contributed by atoms with Crippen LogP contribution < -0.4 is 4.74 Å². The van der Waals surface area contributed by atoms with Gasteiger partial charge in [0.1, 0.15) is 6.61 Å². The van der Waals surface area contributed by atoms with Gasteiger partial charge in [0.2, 0.25) is 0 Å². The first-order valence-electron chi connectivity index (χ1n) is 6.67. The monoisotopic (exact) mass is 333 g/mol. The van der Waals surface area contributed by atoms with E-state index in [-0.39, 0.29) is 23.6 Å². The molecule has 6 nitrogen and oxygen atoms in total. The summed E-state index contributed by atoms with van der Waals surface area (Å²) in [6, 6.07) is 11.6. The Morgan fingerprint density at radius 2 is 1.91 bits per heavy atom. The summed E-state index contributed by atoms with van der Waals surface area (Å²) in [5.74, 6) is -0.524. The largest absolute Gasteiger partial charge is 0.490 e. The SMILES string of the molecule is COc1ccc(C(=O)OCc2ccc(SC)cc2)cc1[N+](=O)[O-]. The molecular weight excluding hydrogens is 318 g/mol. The van der Waals surface area contributed by atoms with Crippen molar-refractivity contribution < 1.29 is 19.2 Å². The van der Waals surface area contributed by atoms with Crippen LogP contribution in [0.25, 0.3) is 0 Å². The molecule has 0 spiro atoms. The number of nitro groups is 1. The second-order valence-electron chi connectivity index (χ2n) is 4.57. The van der Waals surface area contributed by atoms with Crippen LogP contribution >= 0.6 is 11.8 Å². The van der Waals surface area contributed by atoms with Gasteiger partial charge in [-0.15, -0.1) is 11.8 Å². The third-order valence-corrected chi connectivity index (χ3v) is 3.88. The Bertz CT molecular complexity index is 715. The van der Waals surface area contributed by atoms with E-state index in [4.69, 9.17) is 9.47 Å². The second-order valence-corrected chi connectivity index (χ2v) is 5.45. The van der Waals surface area contributed by atoms with Crippen LogP contribution in [0.3, 0.4) is 0 Å². The predicted molar refractivity (Wildman–Crippen MR) is 87.0 cm³/mol. The van der Waals surface area contributed by atoms with Crippen molar-refractivity contribution in [3.05, 3.63) is 63.7 Å². The van der Waals surface area contributed by atoms with Crippen molar-refractivity contribution in [1.29, 1.82) is 0 Å². The average Bonchev–Trinajstić information content (AvgIpc) is 2.59. The highest BCUT2D eigenvalue weighted by molar-refractivity contribution is 7.98. The number of methoxy groups -OCH3 is 1. The fourth-order valence-electron chi connectivity index (χ4n) is 1.91. The Labute approximate surface area is 137 Å². The molecule has 0 unspecified atom stereocenters. The van der Waals surface area contributed by atoms with Crippen LogP contribution in [0.2, 0.25) is 0 Å². The number of carbonyl (C=O) groups is 1. The van der Waals surface area contributed by atoms with E-state index >= 15 is 0 Å². The highest BCUT2D eigenvalue weighted by Gasteiger charge is 2.18. The molecule has 0 radical (unpaired) electrons. The van der Waals surface area contributed by atoms with Gasteiger partial charge >= 0.3 is 11.7 Å². The van der Waals surface area contributed by atoms with E-state index in [0.717, 1.165) is 16.5 Å². The minimum atomic E-state index is -0.621. The Balaban J connectivity index is 2.08. The average molecular weight is 333 g/mol. The smallest absolute Gasteiger partial charge is 0.338 e. The summed E-state index contributed by atoms with van der Waals surface area (Å²) in [4.78, 5) is 23.5. The van der Waals surface area contributed by atoms with Crippen molar-refractivity contribution in [2.45, 2.75) is 11.5 Å². The molecule has 0 aliphatic heterocycles. The maximum atomic E-state index is 12.0. The molecule has 0 saturated carbocycles. The first-order valence-corrected chi connectivity index (χ1v) is 7.90. The molecule has 0 saturated heterocycles. The molecule has 23 heavy (non-hydrogen) atoms. The minimum Gasteiger partial charge on any atom is -0.490 e. The van der Waals surface area contributed by atoms with Gasteiger partial charge in [0, 0.05) is 11.0 Å². The summed E-state index contributed by atoms with van der Waals surface area (Å²) in [5.41, 5.74) is 0.684. The number of nitrogens with zero attached hydrogens (tertiary/aromatic N) is 1. The number of benzene rings is 2. The van der Waals surface area contributed by atoms with Crippen molar-refractivity contribution in [2.75, 3.05) is 13.4 Å². The molecule has 2 aromatic carbocycles. The molecule has 0 bridgehead atoms. The van der Waals surface area contributed by atoms with E-state index in [9.17, 15) is 14.9 Å². The van der Waals surface area contributed by atoms with Gasteiger partial charge in [-0.25, -0.2) is 4.79 Å². The van der Waals surface area contributed by atoms with E-state index in [1.807, 2.05) is 30.5 Å². The van der Waals surface area contributed by atoms with Gasteiger partial charge in [-0.1, -0.05) is 12.1 Å². The van der Waals surface area contributed by atoms with Crippen molar-refractivity contribution >= 4 is 23.4 Å². The van der Waals surface area contributed by atoms with Gasteiger partial charge in [-0.2, -0.15) is 0 Å². The van der Waals surface area contributed by atoms with Gasteiger partial charge in [0.25, 0.3) is 0 Å². The first-order chi connectivity index (χ1) is 11.0. The number of nitro benzene ring substituents is 1. The quantitative estimate of drug-likeness (QED) is 0.347. The van der Waals surface area contributed by atoms with Gasteiger partial charge in [-0.05, 0) is 36.1 Å². The van der Waals surface area contributed by atoms with Crippen molar-refractivity contribution in [3.63, 3.8) is 0 Å². The Morgan fingerprint density at radius 1 is 1.22 bits per heavy atom. The summed E-state index contributed by atoms with van der Waals surface area (Å²) >= 11 is 1.62. The number of hydrogen-bond acceptors (Lipinski definition) is 6. The molecular formula is C16H15NO5S. The van der Waals surface area contributed by atoms with E-state index in [0.29, 0.717) is 0 Å². The summed E-state index contributed by atoms with van der Waals surface area (Å²) < 4.78 is 10.1. The lowest BCUT2D eigenvalue weighted by atomic mass is 10.2. The van der Waals surface area contributed by atoms with E-state index < -0.39 is 10.9 Å². The van der Waals surface area contributed by atoms with Crippen LogP contribution in [0.5, 0.6) is 5.75 Å². The lowest BCUT2D eigenvalue weighted by molar-refractivity contribution is -0.385. The third-order valence-electron chi connectivity index (χ3n) is 3.14. The molecule has 120 valence electrons. The lowest BCUT2D eigenvalue weighted by Crippen LogP contribution is -2.06. The number of carbonyl (C=O) groups excluding carboxylic acids is 1. The van der Waals surface area contributed by atoms with Crippen LogP contribution in [0.1, 0.15) is 15.9 Å². The zero-order valence-corrected chi connectivity index (χ0v) is 13.5. The number of rotatable bonds is 6. The van der Waals surface area contributed by atoms with Crippen LogP contribution in [-0.4, -0.2) is 24.3 Å². The Hall–Kier alpha value is -2.54. The van der Waals surface area contributed by atoms with Crippen molar-refractivity contribution in [2.24, 2.45) is 0 Å². The highest BCUT2D eigenvalue weighted by Crippen LogP contribution is 2.27. The topological polar surface area (TPSA) is 78.7 Å². The molecule has 0 atom stereocenters. The summed E-state index contributed by atoms with van der Waals surface area (Å²) in [7, 11) is 1.33. The molecule has 0 aliphatic carbocycles. The number of thioether (sulfide) groups is 1. The molecule has 0 heterocycles. The standard InChI is InChI=1S/C16H15NO5S/c1-21-15-8-5-12(9-14(15)17(19)20)16(18)22-10-11-3-6-13(23-2)7-4-11/h3-9H,10H2,1-2H3. The van der Waals surface area contributed by atoms with E-state index in [1.54, 1.807) is 11.8 Å². The molecule has 0 aliphatic rings. The molecule has 0 N–H and O–H groups in total. The third kappa shape index (κ3) is 4.23. The maximum Gasteiger partial charge on any atom is 0.338 e. The summed E-state index contributed by atoms with van der Waals surface area (Å²) in [6.07, 6.45) is 1.98. The number of hydrogen-bond donors (Lipinski definition) is 0. The minimum absolute atomic E-state index is 0.0965. The molecule has 7 heteroatoms. The van der Waals surface area contributed by atoms with Crippen LogP contribution in [0.4, 0.5) is 5.69 Å². The molecule has 0 amide bonds. The predicted octanol–water partition coefficient (Wildman–Crippen LogP) is 3.68. The zero-order valence-electron chi connectivity index (χ0n) is 12.6. The number of ether oxygens (including phenoxy) is 2. The van der Waals surface area contributed by atoms with Gasteiger partial charge < -0.3 is 9.47 Å². The van der Waals surface area contributed by atoms with Crippen LogP contribution in [-0.2, 0) is 11.3 Å².